The Hall–Kier alpha value is -2.61. The standard InChI is InChI=1S/C23H32N6OS/c1-17-7-3-4-14-29(17)20-15-21(30-2)26-22(25-20)27-23(31)24-16-18-8-10-19(11-9-18)28-12-5-6-13-28/h8-11,15,17H,3-7,12-14,16H2,1-2H3,(H2,24,25,26,27,31)/t17-/m0/s1. The van der Waals surface area contributed by atoms with E-state index in [0.717, 1.165) is 25.5 Å². The van der Waals surface area contributed by atoms with E-state index in [1.165, 1.54) is 43.4 Å². The summed E-state index contributed by atoms with van der Waals surface area (Å²) in [7, 11) is 1.62. The summed E-state index contributed by atoms with van der Waals surface area (Å²) in [6.07, 6.45) is 6.18. The van der Waals surface area contributed by atoms with Crippen molar-refractivity contribution in [2.24, 2.45) is 0 Å². The molecule has 1 aromatic carbocycles. The molecule has 2 N–H and O–H groups in total. The normalized spacial score (nSPS) is 18.7. The molecule has 2 fully saturated rings. The van der Waals surface area contributed by atoms with Gasteiger partial charge in [-0.15, -0.1) is 0 Å². The molecule has 2 aromatic rings. The first-order valence-corrected chi connectivity index (χ1v) is 11.6. The van der Waals surface area contributed by atoms with Gasteiger partial charge in [0.2, 0.25) is 11.8 Å². The zero-order valence-electron chi connectivity index (χ0n) is 18.4. The maximum absolute atomic E-state index is 5.49. The van der Waals surface area contributed by atoms with Gasteiger partial charge in [-0.25, -0.2) is 0 Å². The van der Waals surface area contributed by atoms with Crippen LogP contribution in [0.5, 0.6) is 5.88 Å². The van der Waals surface area contributed by atoms with E-state index in [1.54, 1.807) is 7.11 Å². The van der Waals surface area contributed by atoms with Gasteiger partial charge in [-0.1, -0.05) is 12.1 Å². The lowest BCUT2D eigenvalue weighted by molar-refractivity contribution is 0.396. The molecule has 1 atom stereocenters. The van der Waals surface area contributed by atoms with Crippen molar-refractivity contribution in [3.05, 3.63) is 35.9 Å². The quantitative estimate of drug-likeness (QED) is 0.655. The lowest BCUT2D eigenvalue weighted by atomic mass is 10.0. The third-order valence-corrected chi connectivity index (χ3v) is 6.33. The van der Waals surface area contributed by atoms with Crippen LogP contribution in [-0.4, -0.2) is 47.9 Å². The fourth-order valence-electron chi connectivity index (χ4n) is 4.29. The van der Waals surface area contributed by atoms with Crippen LogP contribution in [0.25, 0.3) is 0 Å². The predicted octanol–water partition coefficient (Wildman–Crippen LogP) is 3.95. The second kappa shape index (κ2) is 10.1. The predicted molar refractivity (Wildman–Crippen MR) is 130 cm³/mol. The first-order valence-electron chi connectivity index (χ1n) is 11.2. The Bertz CT molecular complexity index is 884. The average molecular weight is 441 g/mol. The van der Waals surface area contributed by atoms with Gasteiger partial charge in [0.05, 0.1) is 7.11 Å². The molecule has 0 saturated carbocycles. The van der Waals surface area contributed by atoms with Gasteiger partial charge >= 0.3 is 0 Å². The summed E-state index contributed by atoms with van der Waals surface area (Å²) in [5.74, 6) is 1.86. The second-order valence-electron chi connectivity index (χ2n) is 8.30. The molecule has 7 nitrogen and oxygen atoms in total. The third-order valence-electron chi connectivity index (χ3n) is 6.08. The van der Waals surface area contributed by atoms with Crippen LogP contribution in [0, 0.1) is 0 Å². The van der Waals surface area contributed by atoms with Crippen LogP contribution >= 0.6 is 12.2 Å². The lowest BCUT2D eigenvalue weighted by Gasteiger charge is -2.34. The topological polar surface area (TPSA) is 65.6 Å². The van der Waals surface area contributed by atoms with Crippen molar-refractivity contribution >= 4 is 34.8 Å². The molecular weight excluding hydrogens is 408 g/mol. The molecule has 31 heavy (non-hydrogen) atoms. The summed E-state index contributed by atoms with van der Waals surface area (Å²) in [5, 5.41) is 6.87. The Morgan fingerprint density at radius 3 is 2.55 bits per heavy atom. The van der Waals surface area contributed by atoms with Gasteiger partial charge in [-0.3, -0.25) is 0 Å². The number of rotatable bonds is 6. The van der Waals surface area contributed by atoms with E-state index in [9.17, 15) is 0 Å². The van der Waals surface area contributed by atoms with Crippen molar-refractivity contribution in [3.8, 4) is 5.88 Å². The molecule has 2 saturated heterocycles. The Kier molecular flexibility index (Phi) is 7.06. The summed E-state index contributed by atoms with van der Waals surface area (Å²) in [5.41, 5.74) is 2.48. The van der Waals surface area contributed by atoms with Gasteiger partial charge in [0.1, 0.15) is 5.82 Å². The van der Waals surface area contributed by atoms with Crippen molar-refractivity contribution in [3.63, 3.8) is 0 Å². The minimum atomic E-state index is 0.453. The summed E-state index contributed by atoms with van der Waals surface area (Å²) < 4.78 is 5.40. The van der Waals surface area contributed by atoms with E-state index < -0.39 is 0 Å². The molecule has 3 heterocycles. The Morgan fingerprint density at radius 1 is 1.10 bits per heavy atom. The number of hydrogen-bond acceptors (Lipinski definition) is 6. The van der Waals surface area contributed by atoms with Crippen LogP contribution in [0.15, 0.2) is 30.3 Å². The minimum absolute atomic E-state index is 0.453. The van der Waals surface area contributed by atoms with Gasteiger partial charge in [-0.2, -0.15) is 9.97 Å². The zero-order chi connectivity index (χ0) is 21.6. The molecule has 4 rings (SSSR count). The van der Waals surface area contributed by atoms with Crippen LogP contribution < -0.4 is 25.2 Å². The maximum Gasteiger partial charge on any atom is 0.234 e. The minimum Gasteiger partial charge on any atom is -0.481 e. The van der Waals surface area contributed by atoms with E-state index in [-0.39, 0.29) is 0 Å². The highest BCUT2D eigenvalue weighted by Crippen LogP contribution is 2.26. The number of benzene rings is 1. The number of anilines is 3. The molecule has 0 aliphatic carbocycles. The van der Waals surface area contributed by atoms with Gasteiger partial charge < -0.3 is 25.2 Å². The van der Waals surface area contributed by atoms with E-state index in [4.69, 9.17) is 21.9 Å². The number of piperidine rings is 1. The number of nitrogens with zero attached hydrogens (tertiary/aromatic N) is 4. The van der Waals surface area contributed by atoms with E-state index in [1.807, 2.05) is 6.07 Å². The molecule has 0 bridgehead atoms. The first-order chi connectivity index (χ1) is 15.1. The number of methoxy groups -OCH3 is 1. The maximum atomic E-state index is 5.49. The molecule has 8 heteroatoms. The number of aromatic nitrogens is 2. The highest BCUT2D eigenvalue weighted by atomic mass is 32.1. The summed E-state index contributed by atoms with van der Waals surface area (Å²) in [4.78, 5) is 13.9. The second-order valence-corrected chi connectivity index (χ2v) is 8.71. The van der Waals surface area contributed by atoms with Crippen molar-refractivity contribution in [1.82, 2.24) is 15.3 Å². The fourth-order valence-corrected chi connectivity index (χ4v) is 4.45. The molecule has 0 unspecified atom stereocenters. The smallest absolute Gasteiger partial charge is 0.234 e. The van der Waals surface area contributed by atoms with Crippen molar-refractivity contribution < 1.29 is 4.74 Å². The SMILES string of the molecule is COc1cc(N2CCCC[C@@H]2C)nc(NC(=S)NCc2ccc(N3CCCC3)cc2)n1. The Balaban J connectivity index is 1.36. The van der Waals surface area contributed by atoms with Crippen molar-refractivity contribution in [1.29, 1.82) is 0 Å². The zero-order valence-corrected chi connectivity index (χ0v) is 19.2. The first kappa shape index (κ1) is 21.6. The largest absolute Gasteiger partial charge is 0.481 e. The number of nitrogens with one attached hydrogen (secondary N) is 2. The third kappa shape index (κ3) is 5.55. The van der Waals surface area contributed by atoms with Crippen LogP contribution in [0.4, 0.5) is 17.5 Å². The summed E-state index contributed by atoms with van der Waals surface area (Å²) >= 11 is 5.49. The molecule has 0 spiro atoms. The highest BCUT2D eigenvalue weighted by molar-refractivity contribution is 7.80. The molecule has 2 aliphatic rings. The van der Waals surface area contributed by atoms with Crippen LogP contribution in [0.3, 0.4) is 0 Å². The highest BCUT2D eigenvalue weighted by Gasteiger charge is 2.21. The summed E-state index contributed by atoms with van der Waals surface area (Å²) in [6, 6.07) is 11.0. The van der Waals surface area contributed by atoms with E-state index in [2.05, 4.69) is 56.6 Å². The number of ether oxygens (including phenoxy) is 1. The fraction of sp³-hybridized carbons (Fsp3) is 0.522. The van der Waals surface area contributed by atoms with Gasteiger partial charge in [-0.05, 0) is 68.9 Å². The average Bonchev–Trinajstić information content (AvgIpc) is 3.33. The van der Waals surface area contributed by atoms with Gasteiger partial charge in [0.25, 0.3) is 0 Å². The monoisotopic (exact) mass is 440 g/mol. The number of hydrogen-bond donors (Lipinski definition) is 2. The van der Waals surface area contributed by atoms with Gasteiger partial charge in [0, 0.05) is 44.0 Å². The Morgan fingerprint density at radius 2 is 1.84 bits per heavy atom. The molecule has 2 aliphatic heterocycles. The van der Waals surface area contributed by atoms with E-state index in [0.29, 0.717) is 29.5 Å². The number of thiocarbonyl (C=S) groups is 1. The molecular formula is C23H32N6OS. The molecule has 0 radical (unpaired) electrons. The van der Waals surface area contributed by atoms with E-state index >= 15 is 0 Å². The lowest BCUT2D eigenvalue weighted by Crippen LogP contribution is -2.38. The molecule has 0 amide bonds. The van der Waals surface area contributed by atoms with Crippen LogP contribution in [-0.2, 0) is 6.54 Å². The summed E-state index contributed by atoms with van der Waals surface area (Å²) in [6.45, 7) is 6.19. The van der Waals surface area contributed by atoms with Crippen LogP contribution in [0.1, 0.15) is 44.6 Å². The Labute approximate surface area is 190 Å². The van der Waals surface area contributed by atoms with Gasteiger partial charge in [0.15, 0.2) is 5.11 Å². The van der Waals surface area contributed by atoms with Crippen molar-refractivity contribution in [2.75, 3.05) is 41.9 Å². The molecule has 1 aromatic heterocycles. The van der Waals surface area contributed by atoms with Crippen LogP contribution in [0.2, 0.25) is 0 Å². The van der Waals surface area contributed by atoms with Crippen molar-refractivity contribution in [2.45, 2.75) is 51.6 Å². The molecule has 166 valence electrons.